The summed E-state index contributed by atoms with van der Waals surface area (Å²) in [5.74, 6) is 3.42. The maximum atomic E-state index is 5.82. The van der Waals surface area contributed by atoms with Crippen molar-refractivity contribution in [1.29, 1.82) is 0 Å². The standard InChI is InChI=1S/C24H30N4O4/c1-4-25-24(27-16-19-17-32-23(28-19)18-9-6-5-7-10-18)26-11-8-12-31-22-14-20(29-2)13-21(15-22)30-3/h5-7,9-10,13-15,17H,4,8,11-12,16H2,1-3H3,(H2,25,26,27). The molecule has 8 nitrogen and oxygen atoms in total. The molecule has 0 unspecified atom stereocenters. The van der Waals surface area contributed by atoms with Crippen molar-refractivity contribution in [3.63, 3.8) is 0 Å². The first kappa shape index (κ1) is 23.0. The Labute approximate surface area is 188 Å². The zero-order valence-electron chi connectivity index (χ0n) is 18.8. The normalized spacial score (nSPS) is 11.2. The van der Waals surface area contributed by atoms with E-state index < -0.39 is 0 Å². The molecule has 32 heavy (non-hydrogen) atoms. The van der Waals surface area contributed by atoms with Gasteiger partial charge in [-0.15, -0.1) is 0 Å². The molecule has 0 atom stereocenters. The Kier molecular flexibility index (Phi) is 8.80. The predicted octanol–water partition coefficient (Wildman–Crippen LogP) is 3.88. The number of hydrogen-bond acceptors (Lipinski definition) is 6. The number of aliphatic imine (C=N–C) groups is 1. The number of oxazole rings is 1. The second-order valence-corrected chi connectivity index (χ2v) is 6.88. The van der Waals surface area contributed by atoms with Gasteiger partial charge in [-0.1, -0.05) is 18.2 Å². The number of rotatable bonds is 11. The zero-order valence-corrected chi connectivity index (χ0v) is 18.8. The molecule has 0 aliphatic heterocycles. The van der Waals surface area contributed by atoms with E-state index in [1.54, 1.807) is 20.5 Å². The van der Waals surface area contributed by atoms with Crippen LogP contribution in [0.15, 0.2) is 64.2 Å². The Bertz CT molecular complexity index is 966. The highest BCUT2D eigenvalue weighted by Crippen LogP contribution is 2.27. The topological polar surface area (TPSA) is 90.1 Å². The number of nitrogens with one attached hydrogen (secondary N) is 2. The number of nitrogens with zero attached hydrogens (tertiary/aromatic N) is 2. The minimum atomic E-state index is 0.422. The van der Waals surface area contributed by atoms with Crippen LogP contribution in [0.2, 0.25) is 0 Å². The maximum absolute atomic E-state index is 5.82. The van der Waals surface area contributed by atoms with Gasteiger partial charge in [-0.05, 0) is 25.5 Å². The van der Waals surface area contributed by atoms with Crippen molar-refractivity contribution in [3.8, 4) is 28.7 Å². The number of guanidine groups is 1. The maximum Gasteiger partial charge on any atom is 0.226 e. The van der Waals surface area contributed by atoms with Crippen molar-refractivity contribution in [2.75, 3.05) is 33.9 Å². The number of aromatic nitrogens is 1. The van der Waals surface area contributed by atoms with Gasteiger partial charge in [0.2, 0.25) is 5.89 Å². The smallest absolute Gasteiger partial charge is 0.226 e. The fourth-order valence-electron chi connectivity index (χ4n) is 2.93. The lowest BCUT2D eigenvalue weighted by Crippen LogP contribution is -2.38. The molecule has 0 fully saturated rings. The minimum absolute atomic E-state index is 0.422. The van der Waals surface area contributed by atoms with Crippen LogP contribution in [-0.2, 0) is 6.54 Å². The molecule has 1 heterocycles. The molecular formula is C24H30N4O4. The van der Waals surface area contributed by atoms with E-state index >= 15 is 0 Å². The van der Waals surface area contributed by atoms with E-state index in [0.29, 0.717) is 42.8 Å². The Balaban J connectivity index is 1.46. The van der Waals surface area contributed by atoms with Crippen molar-refractivity contribution < 1.29 is 18.6 Å². The van der Waals surface area contributed by atoms with Crippen molar-refractivity contribution in [3.05, 3.63) is 60.5 Å². The van der Waals surface area contributed by atoms with E-state index in [0.717, 1.165) is 30.2 Å². The Morgan fingerprint density at radius 1 is 1.00 bits per heavy atom. The van der Waals surface area contributed by atoms with Crippen LogP contribution in [0.4, 0.5) is 0 Å². The van der Waals surface area contributed by atoms with Gasteiger partial charge in [0.05, 0.1) is 27.4 Å². The third-order valence-electron chi connectivity index (χ3n) is 4.52. The summed E-state index contributed by atoms with van der Waals surface area (Å²) in [6.07, 6.45) is 2.44. The van der Waals surface area contributed by atoms with E-state index in [1.165, 1.54) is 0 Å². The lowest BCUT2D eigenvalue weighted by atomic mass is 10.2. The highest BCUT2D eigenvalue weighted by molar-refractivity contribution is 5.79. The summed E-state index contributed by atoms with van der Waals surface area (Å²) in [6, 6.07) is 15.3. The SMILES string of the molecule is CCNC(=NCc1coc(-c2ccccc2)n1)NCCCOc1cc(OC)cc(OC)c1. The molecular weight excluding hydrogens is 408 g/mol. The first-order valence-electron chi connectivity index (χ1n) is 10.6. The van der Waals surface area contributed by atoms with Gasteiger partial charge in [0, 0.05) is 36.9 Å². The molecule has 0 aliphatic carbocycles. The molecule has 0 radical (unpaired) electrons. The average Bonchev–Trinajstić information content (AvgIpc) is 3.31. The molecule has 0 bridgehead atoms. The third kappa shape index (κ3) is 6.94. The molecule has 0 aliphatic rings. The summed E-state index contributed by atoms with van der Waals surface area (Å²) in [6.45, 7) is 4.47. The third-order valence-corrected chi connectivity index (χ3v) is 4.52. The fourth-order valence-corrected chi connectivity index (χ4v) is 2.93. The van der Waals surface area contributed by atoms with Crippen LogP contribution in [-0.4, -0.2) is 44.9 Å². The second-order valence-electron chi connectivity index (χ2n) is 6.88. The molecule has 2 aromatic carbocycles. The van der Waals surface area contributed by atoms with Crippen LogP contribution in [0, 0.1) is 0 Å². The van der Waals surface area contributed by atoms with Crippen molar-refractivity contribution in [2.45, 2.75) is 19.9 Å². The van der Waals surface area contributed by atoms with Gasteiger partial charge in [-0.25, -0.2) is 9.98 Å². The molecule has 0 spiro atoms. The highest BCUT2D eigenvalue weighted by Gasteiger charge is 2.07. The van der Waals surface area contributed by atoms with E-state index in [1.807, 2.05) is 55.5 Å². The molecule has 1 aromatic heterocycles. The molecule has 0 amide bonds. The molecule has 0 saturated heterocycles. The van der Waals surface area contributed by atoms with Gasteiger partial charge in [0.1, 0.15) is 29.2 Å². The number of benzene rings is 2. The summed E-state index contributed by atoms with van der Waals surface area (Å²) >= 11 is 0. The number of ether oxygens (including phenoxy) is 3. The largest absolute Gasteiger partial charge is 0.496 e. The van der Waals surface area contributed by atoms with Crippen molar-refractivity contribution in [1.82, 2.24) is 15.6 Å². The van der Waals surface area contributed by atoms with Gasteiger partial charge >= 0.3 is 0 Å². The summed E-state index contributed by atoms with van der Waals surface area (Å²) < 4.78 is 21.9. The second kappa shape index (κ2) is 12.2. The monoisotopic (exact) mass is 438 g/mol. The van der Waals surface area contributed by atoms with Crippen molar-refractivity contribution >= 4 is 5.96 Å². The van der Waals surface area contributed by atoms with Crippen LogP contribution in [0.3, 0.4) is 0 Å². The lowest BCUT2D eigenvalue weighted by molar-refractivity contribution is 0.305. The van der Waals surface area contributed by atoms with Crippen LogP contribution in [0.25, 0.3) is 11.5 Å². The quantitative estimate of drug-likeness (QED) is 0.267. The summed E-state index contributed by atoms with van der Waals surface area (Å²) in [7, 11) is 3.23. The number of hydrogen-bond donors (Lipinski definition) is 2. The van der Waals surface area contributed by atoms with Crippen LogP contribution in [0.5, 0.6) is 17.2 Å². The predicted molar refractivity (Wildman–Crippen MR) is 124 cm³/mol. The van der Waals surface area contributed by atoms with Gasteiger partial charge in [-0.2, -0.15) is 0 Å². The van der Waals surface area contributed by atoms with Crippen LogP contribution in [0.1, 0.15) is 19.0 Å². The minimum Gasteiger partial charge on any atom is -0.496 e. The Hall–Kier alpha value is -3.68. The lowest BCUT2D eigenvalue weighted by Gasteiger charge is -2.12. The van der Waals surface area contributed by atoms with Crippen molar-refractivity contribution in [2.24, 2.45) is 4.99 Å². The van der Waals surface area contributed by atoms with Gasteiger partial charge < -0.3 is 29.3 Å². The first-order valence-corrected chi connectivity index (χ1v) is 10.6. The highest BCUT2D eigenvalue weighted by atomic mass is 16.5. The van der Waals surface area contributed by atoms with Crippen LogP contribution < -0.4 is 24.8 Å². The Morgan fingerprint density at radius 2 is 1.72 bits per heavy atom. The van der Waals surface area contributed by atoms with Gasteiger partial charge in [0.25, 0.3) is 0 Å². The summed E-state index contributed by atoms with van der Waals surface area (Å²) in [4.78, 5) is 9.10. The van der Waals surface area contributed by atoms with Gasteiger partial charge in [0.15, 0.2) is 5.96 Å². The van der Waals surface area contributed by atoms with Gasteiger partial charge in [-0.3, -0.25) is 0 Å². The molecule has 0 saturated carbocycles. The molecule has 3 rings (SSSR count). The fraction of sp³-hybridized carbons (Fsp3) is 0.333. The van der Waals surface area contributed by atoms with E-state index in [-0.39, 0.29) is 0 Å². The van der Waals surface area contributed by atoms with E-state index in [4.69, 9.17) is 18.6 Å². The van der Waals surface area contributed by atoms with E-state index in [2.05, 4.69) is 20.6 Å². The van der Waals surface area contributed by atoms with Crippen LogP contribution >= 0.6 is 0 Å². The molecule has 8 heteroatoms. The molecule has 170 valence electrons. The zero-order chi connectivity index (χ0) is 22.6. The Morgan fingerprint density at radius 3 is 2.41 bits per heavy atom. The number of methoxy groups -OCH3 is 2. The average molecular weight is 439 g/mol. The van der Waals surface area contributed by atoms with E-state index in [9.17, 15) is 0 Å². The molecule has 3 aromatic rings. The first-order chi connectivity index (χ1) is 15.7. The summed E-state index contributed by atoms with van der Waals surface area (Å²) in [5.41, 5.74) is 1.72. The summed E-state index contributed by atoms with van der Waals surface area (Å²) in [5, 5.41) is 6.55. The molecule has 2 N–H and O–H groups in total.